The molecule has 0 saturated carbocycles. The summed E-state index contributed by atoms with van der Waals surface area (Å²) in [6, 6.07) is 9.89. The highest BCUT2D eigenvalue weighted by atomic mass is 35.5. The fraction of sp³-hybridized carbons (Fsp3) is 0. The molecule has 6 heteroatoms. The highest BCUT2D eigenvalue weighted by molar-refractivity contribution is 6.35. The van der Waals surface area contributed by atoms with Crippen molar-refractivity contribution >= 4 is 40.1 Å². The quantitative estimate of drug-likeness (QED) is 0.744. The van der Waals surface area contributed by atoms with Crippen molar-refractivity contribution in [2.75, 3.05) is 0 Å². The molecule has 0 bridgehead atoms. The molecule has 0 aliphatic heterocycles. The highest BCUT2D eigenvalue weighted by Gasteiger charge is 2.13. The number of hydrogen-bond acceptors (Lipinski definition) is 2. The molecular formula is C14H8Cl2N2O2. The van der Waals surface area contributed by atoms with Gasteiger partial charge in [0, 0.05) is 16.0 Å². The van der Waals surface area contributed by atoms with Crippen molar-refractivity contribution in [3.63, 3.8) is 0 Å². The van der Waals surface area contributed by atoms with Crippen molar-refractivity contribution in [1.29, 1.82) is 0 Å². The average Bonchev–Trinajstić information content (AvgIpc) is 2.84. The normalized spacial score (nSPS) is 10.9. The van der Waals surface area contributed by atoms with Gasteiger partial charge in [-0.25, -0.2) is 4.79 Å². The molecule has 3 aromatic rings. The topological polar surface area (TPSA) is 66.0 Å². The number of aromatic carboxylic acids is 1. The van der Waals surface area contributed by atoms with E-state index in [4.69, 9.17) is 28.3 Å². The summed E-state index contributed by atoms with van der Waals surface area (Å²) in [4.78, 5) is 10.9. The maximum absolute atomic E-state index is 10.9. The van der Waals surface area contributed by atoms with Crippen molar-refractivity contribution in [2.45, 2.75) is 0 Å². The largest absolute Gasteiger partial charge is 0.478 e. The fourth-order valence-corrected chi connectivity index (χ4v) is 2.42. The van der Waals surface area contributed by atoms with Crippen molar-refractivity contribution in [1.82, 2.24) is 10.2 Å². The van der Waals surface area contributed by atoms with E-state index >= 15 is 0 Å². The Morgan fingerprint density at radius 2 is 1.95 bits per heavy atom. The predicted octanol–water partition coefficient (Wildman–Crippen LogP) is 4.23. The second kappa shape index (κ2) is 4.81. The van der Waals surface area contributed by atoms with Gasteiger partial charge in [-0.2, -0.15) is 5.10 Å². The second-order valence-corrected chi connectivity index (χ2v) is 5.11. The average molecular weight is 307 g/mol. The number of fused-ring (bicyclic) bond motifs is 1. The lowest BCUT2D eigenvalue weighted by Crippen LogP contribution is -1.94. The number of carbonyl (C=O) groups is 1. The van der Waals surface area contributed by atoms with E-state index in [1.54, 1.807) is 24.3 Å². The third-order valence-corrected chi connectivity index (χ3v) is 3.56. The van der Waals surface area contributed by atoms with Crippen LogP contribution in [0.3, 0.4) is 0 Å². The van der Waals surface area contributed by atoms with Crippen LogP contribution in [0.5, 0.6) is 0 Å². The van der Waals surface area contributed by atoms with Gasteiger partial charge < -0.3 is 5.11 Å². The minimum Gasteiger partial charge on any atom is -0.478 e. The van der Waals surface area contributed by atoms with Crippen molar-refractivity contribution in [3.05, 3.63) is 52.0 Å². The molecule has 20 heavy (non-hydrogen) atoms. The lowest BCUT2D eigenvalue weighted by atomic mass is 10.1. The summed E-state index contributed by atoms with van der Waals surface area (Å²) in [6.07, 6.45) is 0. The summed E-state index contributed by atoms with van der Waals surface area (Å²) < 4.78 is 0. The SMILES string of the molecule is O=C(O)c1ccc2c(-c3cc(Cl)ccc3Cl)n[nH]c2c1. The van der Waals surface area contributed by atoms with Gasteiger partial charge in [-0.15, -0.1) is 0 Å². The monoisotopic (exact) mass is 306 g/mol. The molecule has 2 N–H and O–H groups in total. The third-order valence-electron chi connectivity index (χ3n) is 2.99. The van der Waals surface area contributed by atoms with E-state index in [0.29, 0.717) is 26.8 Å². The number of nitrogens with zero attached hydrogens (tertiary/aromatic N) is 1. The first-order valence-electron chi connectivity index (χ1n) is 5.73. The van der Waals surface area contributed by atoms with Crippen LogP contribution < -0.4 is 0 Å². The Morgan fingerprint density at radius 3 is 2.70 bits per heavy atom. The number of H-pyrrole nitrogens is 1. The van der Waals surface area contributed by atoms with Gasteiger partial charge in [-0.1, -0.05) is 23.2 Å². The van der Waals surface area contributed by atoms with E-state index in [0.717, 1.165) is 5.39 Å². The molecule has 0 unspecified atom stereocenters. The first-order chi connectivity index (χ1) is 9.56. The van der Waals surface area contributed by atoms with E-state index in [1.165, 1.54) is 12.1 Å². The molecule has 0 amide bonds. The molecule has 3 rings (SSSR count). The van der Waals surface area contributed by atoms with Crippen molar-refractivity contribution in [3.8, 4) is 11.3 Å². The van der Waals surface area contributed by atoms with Crippen molar-refractivity contribution < 1.29 is 9.90 Å². The number of benzene rings is 2. The van der Waals surface area contributed by atoms with Crippen LogP contribution in [0.2, 0.25) is 10.0 Å². The summed E-state index contributed by atoms with van der Waals surface area (Å²) in [5.41, 5.74) is 2.18. The molecule has 1 aromatic heterocycles. The van der Waals surface area contributed by atoms with E-state index in [9.17, 15) is 4.79 Å². The zero-order chi connectivity index (χ0) is 14.3. The van der Waals surface area contributed by atoms with Crippen LogP contribution >= 0.6 is 23.2 Å². The van der Waals surface area contributed by atoms with Crippen LogP contribution in [0.15, 0.2) is 36.4 Å². The van der Waals surface area contributed by atoms with Gasteiger partial charge in [-0.3, -0.25) is 5.10 Å². The summed E-state index contributed by atoms with van der Waals surface area (Å²) in [5, 5.41) is 17.9. The van der Waals surface area contributed by atoms with Gasteiger partial charge in [0.05, 0.1) is 16.1 Å². The maximum Gasteiger partial charge on any atom is 0.335 e. The van der Waals surface area contributed by atoms with Crippen LogP contribution in [0, 0.1) is 0 Å². The fourth-order valence-electron chi connectivity index (χ4n) is 2.04. The zero-order valence-corrected chi connectivity index (χ0v) is 11.5. The first-order valence-corrected chi connectivity index (χ1v) is 6.48. The molecule has 4 nitrogen and oxygen atoms in total. The standard InChI is InChI=1S/C14H8Cl2N2O2/c15-8-2-4-11(16)10(6-8)13-9-3-1-7(14(19)20)5-12(9)17-18-13/h1-6H,(H,17,18)(H,19,20). The van der Waals surface area contributed by atoms with Crippen LogP contribution in [-0.2, 0) is 0 Å². The van der Waals surface area contributed by atoms with Crippen LogP contribution in [0.25, 0.3) is 22.2 Å². The van der Waals surface area contributed by atoms with Gasteiger partial charge >= 0.3 is 5.97 Å². The molecule has 0 fully saturated rings. The molecule has 0 atom stereocenters. The Bertz CT molecular complexity index is 827. The summed E-state index contributed by atoms with van der Waals surface area (Å²) in [6.45, 7) is 0. The van der Waals surface area contributed by atoms with E-state index in [2.05, 4.69) is 10.2 Å². The zero-order valence-electron chi connectivity index (χ0n) is 10.0. The Balaban J connectivity index is 2.22. The minimum atomic E-state index is -0.983. The first kappa shape index (κ1) is 13.0. The van der Waals surface area contributed by atoms with Gasteiger partial charge in [0.25, 0.3) is 0 Å². The Labute approximate surface area is 123 Å². The molecule has 1 heterocycles. The van der Waals surface area contributed by atoms with Crippen molar-refractivity contribution in [2.24, 2.45) is 0 Å². The van der Waals surface area contributed by atoms with Crippen LogP contribution in [0.4, 0.5) is 0 Å². The summed E-state index contributed by atoms with van der Waals surface area (Å²) in [7, 11) is 0. The number of carboxylic acids is 1. The van der Waals surface area contributed by atoms with Crippen LogP contribution in [-0.4, -0.2) is 21.3 Å². The lowest BCUT2D eigenvalue weighted by Gasteiger charge is -2.02. The van der Waals surface area contributed by atoms with Gasteiger partial charge in [-0.05, 0) is 36.4 Å². The van der Waals surface area contributed by atoms with Gasteiger partial charge in [0.1, 0.15) is 5.69 Å². The summed E-state index contributed by atoms with van der Waals surface area (Å²) in [5.74, 6) is -0.983. The molecule has 0 radical (unpaired) electrons. The molecule has 100 valence electrons. The Morgan fingerprint density at radius 1 is 1.15 bits per heavy atom. The third kappa shape index (κ3) is 2.13. The number of nitrogens with one attached hydrogen (secondary N) is 1. The molecule has 0 aliphatic carbocycles. The molecular weight excluding hydrogens is 299 g/mol. The lowest BCUT2D eigenvalue weighted by molar-refractivity contribution is 0.0697. The summed E-state index contributed by atoms with van der Waals surface area (Å²) >= 11 is 12.1. The van der Waals surface area contributed by atoms with E-state index in [-0.39, 0.29) is 5.56 Å². The van der Waals surface area contributed by atoms with E-state index in [1.807, 2.05) is 0 Å². The molecule has 2 aromatic carbocycles. The van der Waals surface area contributed by atoms with Gasteiger partial charge in [0.2, 0.25) is 0 Å². The number of aromatic amines is 1. The maximum atomic E-state index is 10.9. The Hall–Kier alpha value is -2.04. The number of hydrogen-bond donors (Lipinski definition) is 2. The molecule has 0 aliphatic rings. The molecule has 0 saturated heterocycles. The number of carboxylic acid groups (broad SMARTS) is 1. The minimum absolute atomic E-state index is 0.199. The Kier molecular flexibility index (Phi) is 3.12. The number of aromatic nitrogens is 2. The van der Waals surface area contributed by atoms with Gasteiger partial charge in [0.15, 0.2) is 0 Å². The number of halogens is 2. The highest BCUT2D eigenvalue weighted by Crippen LogP contribution is 2.33. The second-order valence-electron chi connectivity index (χ2n) is 4.26. The predicted molar refractivity (Wildman–Crippen MR) is 78.5 cm³/mol. The number of rotatable bonds is 2. The smallest absolute Gasteiger partial charge is 0.335 e. The van der Waals surface area contributed by atoms with Crippen LogP contribution in [0.1, 0.15) is 10.4 Å². The molecule has 0 spiro atoms. The van der Waals surface area contributed by atoms with E-state index < -0.39 is 5.97 Å².